The highest BCUT2D eigenvalue weighted by atomic mass is 35.5. The summed E-state index contributed by atoms with van der Waals surface area (Å²) in [6, 6.07) is 0. The first-order valence-corrected chi connectivity index (χ1v) is 5.98. The van der Waals surface area contributed by atoms with E-state index in [9.17, 15) is 4.79 Å². The molecule has 0 aliphatic heterocycles. The highest BCUT2D eigenvalue weighted by molar-refractivity contribution is 6.30. The molecule has 1 fully saturated rings. The summed E-state index contributed by atoms with van der Waals surface area (Å²) in [5, 5.41) is 7.61. The van der Waals surface area contributed by atoms with Gasteiger partial charge in [-0.2, -0.15) is 5.10 Å². The van der Waals surface area contributed by atoms with Crippen molar-refractivity contribution in [2.24, 2.45) is 11.8 Å². The van der Waals surface area contributed by atoms with E-state index in [1.807, 2.05) is 6.92 Å². The summed E-state index contributed by atoms with van der Waals surface area (Å²) in [5.41, 5.74) is 0. The number of carbonyl (C=O) groups is 1. The molecule has 16 heavy (non-hydrogen) atoms. The van der Waals surface area contributed by atoms with Crippen molar-refractivity contribution in [3.63, 3.8) is 0 Å². The second-order valence-electron chi connectivity index (χ2n) is 4.47. The average molecular weight is 242 g/mol. The van der Waals surface area contributed by atoms with Crippen molar-refractivity contribution in [3.8, 4) is 0 Å². The smallest absolute Gasteiger partial charge is 0.224 e. The van der Waals surface area contributed by atoms with Crippen LogP contribution < -0.4 is 5.32 Å². The molecule has 1 aromatic rings. The zero-order valence-corrected chi connectivity index (χ0v) is 10.1. The van der Waals surface area contributed by atoms with Crippen LogP contribution in [0.15, 0.2) is 12.4 Å². The average Bonchev–Trinajstić information content (AvgIpc) is 2.99. The van der Waals surface area contributed by atoms with Crippen molar-refractivity contribution in [1.82, 2.24) is 15.1 Å². The first-order chi connectivity index (χ1) is 7.65. The van der Waals surface area contributed by atoms with E-state index in [0.29, 0.717) is 11.6 Å². The molecular weight excluding hydrogens is 226 g/mol. The lowest BCUT2D eigenvalue weighted by Gasteiger charge is -2.11. The number of carbonyl (C=O) groups excluding carboxylic acids is 1. The van der Waals surface area contributed by atoms with Gasteiger partial charge in [-0.1, -0.05) is 18.5 Å². The van der Waals surface area contributed by atoms with E-state index in [-0.39, 0.29) is 11.8 Å². The molecule has 1 aliphatic rings. The molecule has 4 nitrogen and oxygen atoms in total. The van der Waals surface area contributed by atoms with Gasteiger partial charge in [0.1, 0.15) is 0 Å². The van der Waals surface area contributed by atoms with Crippen LogP contribution in [0, 0.1) is 11.8 Å². The van der Waals surface area contributed by atoms with E-state index in [0.717, 1.165) is 12.5 Å². The molecule has 5 heteroatoms. The van der Waals surface area contributed by atoms with Crippen LogP contribution in [-0.2, 0) is 11.3 Å². The lowest BCUT2D eigenvalue weighted by atomic mass is 10.1. The Morgan fingerprint density at radius 3 is 3.06 bits per heavy atom. The normalized spacial score (nSPS) is 17.1. The first-order valence-electron chi connectivity index (χ1n) is 5.61. The van der Waals surface area contributed by atoms with Crippen LogP contribution in [0.3, 0.4) is 0 Å². The van der Waals surface area contributed by atoms with Crippen molar-refractivity contribution in [1.29, 1.82) is 0 Å². The second-order valence-corrected chi connectivity index (χ2v) is 4.91. The molecule has 1 unspecified atom stereocenters. The van der Waals surface area contributed by atoms with Gasteiger partial charge < -0.3 is 5.32 Å². The van der Waals surface area contributed by atoms with Gasteiger partial charge in [0.05, 0.1) is 23.7 Å². The highest BCUT2D eigenvalue weighted by Gasteiger charge is 2.23. The Kier molecular flexibility index (Phi) is 3.49. The topological polar surface area (TPSA) is 46.9 Å². The standard InChI is InChI=1S/C11H16ClN3O/c1-8(6-15-7-10(12)5-14-15)11(16)13-4-9-2-3-9/h5,7-9H,2-4,6H2,1H3,(H,13,16). The van der Waals surface area contributed by atoms with Crippen molar-refractivity contribution >= 4 is 17.5 Å². The number of hydrogen-bond donors (Lipinski definition) is 1. The van der Waals surface area contributed by atoms with Gasteiger partial charge in [0, 0.05) is 12.7 Å². The molecule has 1 aromatic heterocycles. The summed E-state index contributed by atoms with van der Waals surface area (Å²) >= 11 is 5.75. The summed E-state index contributed by atoms with van der Waals surface area (Å²) in [5.74, 6) is 0.739. The zero-order chi connectivity index (χ0) is 11.5. The van der Waals surface area contributed by atoms with E-state index in [1.54, 1.807) is 17.1 Å². The molecular formula is C11H16ClN3O. The molecule has 0 saturated heterocycles. The Morgan fingerprint density at radius 2 is 2.50 bits per heavy atom. The number of aromatic nitrogens is 2. The zero-order valence-electron chi connectivity index (χ0n) is 9.32. The second kappa shape index (κ2) is 4.87. The Balaban J connectivity index is 1.77. The molecule has 1 N–H and O–H groups in total. The minimum absolute atomic E-state index is 0.0743. The maximum Gasteiger partial charge on any atom is 0.224 e. The van der Waals surface area contributed by atoms with Gasteiger partial charge in [-0.15, -0.1) is 0 Å². The first kappa shape index (κ1) is 11.5. The number of nitrogens with zero attached hydrogens (tertiary/aromatic N) is 2. The maximum atomic E-state index is 11.7. The third kappa shape index (κ3) is 3.23. The summed E-state index contributed by atoms with van der Waals surface area (Å²) in [6.07, 6.45) is 5.81. The maximum absolute atomic E-state index is 11.7. The lowest BCUT2D eigenvalue weighted by Crippen LogP contribution is -2.33. The van der Waals surface area contributed by atoms with Crippen LogP contribution in [-0.4, -0.2) is 22.2 Å². The van der Waals surface area contributed by atoms with E-state index in [2.05, 4.69) is 10.4 Å². The minimum atomic E-state index is -0.0743. The van der Waals surface area contributed by atoms with Gasteiger partial charge in [0.25, 0.3) is 0 Å². The number of halogens is 1. The van der Waals surface area contributed by atoms with Crippen LogP contribution in [0.2, 0.25) is 5.02 Å². The number of amides is 1. The Morgan fingerprint density at radius 1 is 1.75 bits per heavy atom. The summed E-state index contributed by atoms with van der Waals surface area (Å²) in [4.78, 5) is 11.7. The van der Waals surface area contributed by atoms with E-state index >= 15 is 0 Å². The molecule has 0 aromatic carbocycles. The molecule has 0 radical (unpaired) electrons. The number of hydrogen-bond acceptors (Lipinski definition) is 2. The molecule has 0 bridgehead atoms. The molecule has 1 aliphatic carbocycles. The van der Waals surface area contributed by atoms with E-state index in [1.165, 1.54) is 12.8 Å². The van der Waals surface area contributed by atoms with Gasteiger partial charge in [0.2, 0.25) is 5.91 Å². The van der Waals surface area contributed by atoms with Gasteiger partial charge in [0.15, 0.2) is 0 Å². The molecule has 2 rings (SSSR count). The third-order valence-electron chi connectivity index (χ3n) is 2.77. The summed E-state index contributed by atoms with van der Waals surface area (Å²) < 4.78 is 1.70. The molecule has 1 amide bonds. The predicted molar refractivity (Wildman–Crippen MR) is 62.1 cm³/mol. The molecule has 1 atom stereocenters. The summed E-state index contributed by atoms with van der Waals surface area (Å²) in [7, 11) is 0. The minimum Gasteiger partial charge on any atom is -0.356 e. The quantitative estimate of drug-likeness (QED) is 0.853. The fourth-order valence-corrected chi connectivity index (χ4v) is 1.70. The largest absolute Gasteiger partial charge is 0.356 e. The molecule has 88 valence electrons. The molecule has 1 heterocycles. The van der Waals surface area contributed by atoms with Crippen molar-refractivity contribution < 1.29 is 4.79 Å². The summed E-state index contributed by atoms with van der Waals surface area (Å²) in [6.45, 7) is 3.30. The van der Waals surface area contributed by atoms with Crippen LogP contribution in [0.4, 0.5) is 0 Å². The van der Waals surface area contributed by atoms with Crippen molar-refractivity contribution in [2.75, 3.05) is 6.54 Å². The fourth-order valence-electron chi connectivity index (χ4n) is 1.54. The van der Waals surface area contributed by atoms with E-state index in [4.69, 9.17) is 11.6 Å². The van der Waals surface area contributed by atoms with Crippen LogP contribution in [0.5, 0.6) is 0 Å². The van der Waals surface area contributed by atoms with Gasteiger partial charge in [-0.3, -0.25) is 9.48 Å². The van der Waals surface area contributed by atoms with Gasteiger partial charge >= 0.3 is 0 Å². The third-order valence-corrected chi connectivity index (χ3v) is 2.97. The number of nitrogens with one attached hydrogen (secondary N) is 1. The number of rotatable bonds is 5. The fraction of sp³-hybridized carbons (Fsp3) is 0.636. The van der Waals surface area contributed by atoms with E-state index < -0.39 is 0 Å². The Hall–Kier alpha value is -1.03. The van der Waals surface area contributed by atoms with Crippen LogP contribution in [0.25, 0.3) is 0 Å². The monoisotopic (exact) mass is 241 g/mol. The lowest BCUT2D eigenvalue weighted by molar-refractivity contribution is -0.125. The predicted octanol–water partition coefficient (Wildman–Crippen LogP) is 1.70. The molecule has 0 spiro atoms. The van der Waals surface area contributed by atoms with Crippen molar-refractivity contribution in [2.45, 2.75) is 26.3 Å². The Bertz CT molecular complexity index is 373. The van der Waals surface area contributed by atoms with Crippen molar-refractivity contribution in [3.05, 3.63) is 17.4 Å². The highest BCUT2D eigenvalue weighted by Crippen LogP contribution is 2.27. The SMILES string of the molecule is CC(Cn1cc(Cl)cn1)C(=O)NCC1CC1. The van der Waals surface area contributed by atoms with Crippen LogP contribution >= 0.6 is 11.6 Å². The van der Waals surface area contributed by atoms with Gasteiger partial charge in [-0.05, 0) is 18.8 Å². The Labute approximate surface area is 100.0 Å². The van der Waals surface area contributed by atoms with Crippen LogP contribution in [0.1, 0.15) is 19.8 Å². The molecule has 1 saturated carbocycles. The van der Waals surface area contributed by atoms with Gasteiger partial charge in [-0.25, -0.2) is 0 Å².